The van der Waals surface area contributed by atoms with Crippen molar-refractivity contribution < 1.29 is 9.66 Å². The molecule has 21 heavy (non-hydrogen) atoms. The lowest BCUT2D eigenvalue weighted by Gasteiger charge is -2.08. The minimum absolute atomic E-state index is 0.115. The molecule has 1 heterocycles. The first-order valence-electron chi connectivity index (χ1n) is 6.08. The fraction of sp³-hybridized carbons (Fsp3) is 0.143. The molecule has 2 rings (SSSR count). The average molecular weight is 285 g/mol. The fourth-order valence-electron chi connectivity index (χ4n) is 1.74. The number of pyridine rings is 1. The van der Waals surface area contributed by atoms with Crippen LogP contribution in [0.1, 0.15) is 5.56 Å². The number of aromatic nitrogens is 1. The molecule has 0 aliphatic heterocycles. The molecule has 0 saturated carbocycles. The predicted molar refractivity (Wildman–Crippen MR) is 74.0 cm³/mol. The molecule has 0 aliphatic carbocycles. The molecule has 7 nitrogen and oxygen atoms in total. The van der Waals surface area contributed by atoms with Crippen LogP contribution in [0, 0.1) is 21.4 Å². The molecule has 2 aromatic rings. The van der Waals surface area contributed by atoms with Crippen LogP contribution in [0.4, 0.5) is 5.69 Å². The van der Waals surface area contributed by atoms with Gasteiger partial charge in [-0.15, -0.1) is 0 Å². The van der Waals surface area contributed by atoms with E-state index in [1.807, 2.05) is 18.2 Å². The van der Waals surface area contributed by atoms with Gasteiger partial charge in [0, 0.05) is 6.07 Å². The number of hydrogen-bond donors (Lipinski definition) is 0. The highest BCUT2D eigenvalue weighted by Crippen LogP contribution is 2.11. The molecule has 7 heteroatoms. The third-order valence-corrected chi connectivity index (χ3v) is 2.75. The summed E-state index contributed by atoms with van der Waals surface area (Å²) >= 11 is 0. The van der Waals surface area contributed by atoms with Crippen molar-refractivity contribution in [3.05, 3.63) is 68.6 Å². The summed E-state index contributed by atoms with van der Waals surface area (Å²) in [6, 6.07) is 11.6. The lowest BCUT2D eigenvalue weighted by molar-refractivity contribution is -0.385. The number of nitriles is 1. The lowest BCUT2D eigenvalue weighted by atomic mass is 10.2. The Hall–Kier alpha value is -3.14. The molecule has 0 atom stereocenters. The number of nitro groups is 1. The van der Waals surface area contributed by atoms with Crippen LogP contribution in [-0.2, 0) is 6.54 Å². The molecule has 0 unspecified atom stereocenters. The summed E-state index contributed by atoms with van der Waals surface area (Å²) in [6.07, 6.45) is 1.11. The Morgan fingerprint density at radius 2 is 2.05 bits per heavy atom. The first-order valence-corrected chi connectivity index (χ1v) is 6.08. The smallest absolute Gasteiger partial charge is 0.287 e. The molecule has 1 aromatic carbocycles. The number of benzene rings is 1. The minimum atomic E-state index is -0.644. The van der Waals surface area contributed by atoms with Crippen LogP contribution in [0.5, 0.6) is 5.75 Å². The van der Waals surface area contributed by atoms with Crippen molar-refractivity contribution in [1.82, 2.24) is 4.57 Å². The van der Waals surface area contributed by atoms with Crippen molar-refractivity contribution in [2.24, 2.45) is 0 Å². The summed E-state index contributed by atoms with van der Waals surface area (Å²) in [5, 5.41) is 19.6. The Balaban J connectivity index is 2.16. The van der Waals surface area contributed by atoms with Crippen LogP contribution in [0.2, 0.25) is 0 Å². The van der Waals surface area contributed by atoms with Crippen molar-refractivity contribution >= 4 is 5.69 Å². The number of ether oxygens (including phenoxy) is 1. The van der Waals surface area contributed by atoms with Crippen LogP contribution in [0.15, 0.2) is 47.4 Å². The van der Waals surface area contributed by atoms with Gasteiger partial charge in [-0.05, 0) is 12.1 Å². The predicted octanol–water partition coefficient (Wildman–Crippen LogP) is 1.71. The highest BCUT2D eigenvalue weighted by molar-refractivity contribution is 5.37. The molecule has 0 fully saturated rings. The Bertz CT molecular complexity index is 747. The summed E-state index contributed by atoms with van der Waals surface area (Å²) in [4.78, 5) is 22.0. The summed E-state index contributed by atoms with van der Waals surface area (Å²) in [5.74, 6) is 0.636. The largest absolute Gasteiger partial charge is 0.492 e. The second-order valence-corrected chi connectivity index (χ2v) is 4.14. The summed E-state index contributed by atoms with van der Waals surface area (Å²) in [6.45, 7) is 0.278. The van der Waals surface area contributed by atoms with Crippen molar-refractivity contribution in [3.8, 4) is 11.8 Å². The van der Waals surface area contributed by atoms with E-state index in [2.05, 4.69) is 0 Å². The zero-order valence-electron chi connectivity index (χ0n) is 10.9. The van der Waals surface area contributed by atoms with E-state index in [0.29, 0.717) is 5.75 Å². The number of nitrogens with zero attached hydrogens (tertiary/aromatic N) is 3. The standard InChI is InChI=1S/C14H11N3O4/c15-9-11-8-12(17(19)20)10-16(14(11)18)6-7-21-13-4-2-1-3-5-13/h1-5,8,10H,6-7H2. The molecule has 106 valence electrons. The van der Waals surface area contributed by atoms with Crippen molar-refractivity contribution in [1.29, 1.82) is 5.26 Å². The maximum atomic E-state index is 11.9. The quantitative estimate of drug-likeness (QED) is 0.615. The Morgan fingerprint density at radius 3 is 2.67 bits per heavy atom. The first kappa shape index (κ1) is 14.3. The molecule has 0 radical (unpaired) electrons. The topological polar surface area (TPSA) is 98.2 Å². The average Bonchev–Trinajstić information content (AvgIpc) is 2.49. The van der Waals surface area contributed by atoms with Crippen molar-refractivity contribution in [2.75, 3.05) is 6.61 Å². The first-order chi connectivity index (χ1) is 10.1. The van der Waals surface area contributed by atoms with E-state index < -0.39 is 10.5 Å². The number of rotatable bonds is 5. The number of hydrogen-bond acceptors (Lipinski definition) is 5. The van der Waals surface area contributed by atoms with E-state index in [-0.39, 0.29) is 24.4 Å². The normalized spacial score (nSPS) is 9.86. The Morgan fingerprint density at radius 1 is 1.33 bits per heavy atom. The molecular weight excluding hydrogens is 274 g/mol. The summed E-state index contributed by atoms with van der Waals surface area (Å²) in [7, 11) is 0. The minimum Gasteiger partial charge on any atom is -0.492 e. The highest BCUT2D eigenvalue weighted by atomic mass is 16.6. The van der Waals surface area contributed by atoms with E-state index in [4.69, 9.17) is 10.00 Å². The van der Waals surface area contributed by atoms with Gasteiger partial charge in [0.15, 0.2) is 0 Å². The molecule has 0 spiro atoms. The van der Waals surface area contributed by atoms with Gasteiger partial charge < -0.3 is 9.30 Å². The van der Waals surface area contributed by atoms with E-state index >= 15 is 0 Å². The molecule has 0 saturated heterocycles. The van der Waals surface area contributed by atoms with E-state index in [1.54, 1.807) is 18.2 Å². The van der Waals surface area contributed by atoms with E-state index in [0.717, 1.165) is 16.8 Å². The fourth-order valence-corrected chi connectivity index (χ4v) is 1.74. The van der Waals surface area contributed by atoms with Gasteiger partial charge in [-0.2, -0.15) is 5.26 Å². The van der Waals surface area contributed by atoms with E-state index in [9.17, 15) is 14.9 Å². The van der Waals surface area contributed by atoms with Gasteiger partial charge in [0.25, 0.3) is 11.2 Å². The van der Waals surface area contributed by atoms with Crippen LogP contribution >= 0.6 is 0 Å². The third-order valence-electron chi connectivity index (χ3n) is 2.75. The maximum Gasteiger partial charge on any atom is 0.287 e. The highest BCUT2D eigenvalue weighted by Gasteiger charge is 2.13. The van der Waals surface area contributed by atoms with Gasteiger partial charge in [-0.3, -0.25) is 14.9 Å². The molecule has 0 amide bonds. The molecular formula is C14H11N3O4. The van der Waals surface area contributed by atoms with Gasteiger partial charge in [-0.1, -0.05) is 18.2 Å². The van der Waals surface area contributed by atoms with Crippen molar-refractivity contribution in [2.45, 2.75) is 6.54 Å². The van der Waals surface area contributed by atoms with Crippen molar-refractivity contribution in [3.63, 3.8) is 0 Å². The van der Waals surface area contributed by atoms with Crippen LogP contribution in [0.25, 0.3) is 0 Å². The van der Waals surface area contributed by atoms with Crippen LogP contribution in [-0.4, -0.2) is 16.1 Å². The van der Waals surface area contributed by atoms with Gasteiger partial charge in [0.1, 0.15) is 24.0 Å². The SMILES string of the molecule is N#Cc1cc([N+](=O)[O-])cn(CCOc2ccccc2)c1=O. The van der Waals surface area contributed by atoms with Crippen LogP contribution < -0.4 is 10.3 Å². The molecule has 0 N–H and O–H groups in total. The Labute approximate surface area is 119 Å². The second kappa shape index (κ2) is 6.34. The summed E-state index contributed by atoms with van der Waals surface area (Å²) < 4.78 is 6.54. The molecule has 1 aromatic heterocycles. The zero-order valence-corrected chi connectivity index (χ0v) is 10.9. The van der Waals surface area contributed by atoms with Gasteiger partial charge in [-0.25, -0.2) is 0 Å². The monoisotopic (exact) mass is 285 g/mol. The van der Waals surface area contributed by atoms with Crippen LogP contribution in [0.3, 0.4) is 0 Å². The molecule has 0 bridgehead atoms. The zero-order chi connectivity index (χ0) is 15.2. The number of para-hydroxylation sites is 1. The van der Waals surface area contributed by atoms with Gasteiger partial charge in [0.05, 0.1) is 17.7 Å². The molecule has 0 aliphatic rings. The maximum absolute atomic E-state index is 11.9. The summed E-state index contributed by atoms with van der Waals surface area (Å²) in [5.41, 5.74) is -1.13. The van der Waals surface area contributed by atoms with E-state index in [1.165, 1.54) is 0 Å². The lowest BCUT2D eigenvalue weighted by Crippen LogP contribution is -2.25. The van der Waals surface area contributed by atoms with Gasteiger partial charge >= 0.3 is 0 Å². The second-order valence-electron chi connectivity index (χ2n) is 4.14. The Kier molecular flexibility index (Phi) is 4.31. The third kappa shape index (κ3) is 3.45. The van der Waals surface area contributed by atoms with Gasteiger partial charge in [0.2, 0.25) is 0 Å².